The van der Waals surface area contributed by atoms with Crippen molar-refractivity contribution in [1.29, 1.82) is 0 Å². The molecule has 2 rings (SSSR count). The van der Waals surface area contributed by atoms with Crippen molar-refractivity contribution >= 4 is 11.8 Å². The minimum atomic E-state index is -0.382. The fourth-order valence-corrected chi connectivity index (χ4v) is 2.05. The zero-order valence-electron chi connectivity index (χ0n) is 10.1. The number of rotatable bonds is 3. The van der Waals surface area contributed by atoms with Gasteiger partial charge in [0.25, 0.3) is 0 Å². The average Bonchev–Trinajstić information content (AvgIpc) is 2.61. The lowest BCUT2D eigenvalue weighted by Crippen LogP contribution is -2.37. The van der Waals surface area contributed by atoms with Crippen molar-refractivity contribution in [3.63, 3.8) is 0 Å². The van der Waals surface area contributed by atoms with Crippen LogP contribution in [0, 0.1) is 5.82 Å². The van der Waals surface area contributed by atoms with Crippen molar-refractivity contribution in [2.24, 2.45) is 0 Å². The number of carbonyl (C=O) groups is 2. The number of nitrogens with one attached hydrogen (secondary N) is 1. The van der Waals surface area contributed by atoms with Gasteiger partial charge in [-0.05, 0) is 11.6 Å². The molecule has 96 valence electrons. The quantitative estimate of drug-likeness (QED) is 0.859. The molecular weight excluding hydrogens is 235 g/mol. The first-order chi connectivity index (χ1) is 8.56. The second-order valence-corrected chi connectivity index (χ2v) is 4.51. The van der Waals surface area contributed by atoms with Crippen LogP contribution < -0.4 is 5.32 Å². The van der Waals surface area contributed by atoms with Gasteiger partial charge >= 0.3 is 0 Å². The minimum Gasteiger partial charge on any atom is -0.351 e. The van der Waals surface area contributed by atoms with Gasteiger partial charge in [-0.1, -0.05) is 18.2 Å². The molecule has 1 aromatic carbocycles. The molecule has 2 amide bonds. The van der Waals surface area contributed by atoms with Gasteiger partial charge in [0.15, 0.2) is 0 Å². The van der Waals surface area contributed by atoms with E-state index in [2.05, 4.69) is 5.32 Å². The third-order valence-electron chi connectivity index (χ3n) is 3.01. The molecule has 1 unspecified atom stereocenters. The smallest absolute Gasteiger partial charge is 0.224 e. The molecular formula is C13H15FN2O2. The second kappa shape index (κ2) is 5.16. The molecule has 0 aromatic heterocycles. The summed E-state index contributed by atoms with van der Waals surface area (Å²) in [5.74, 6) is -0.619. The van der Waals surface area contributed by atoms with E-state index in [1.807, 2.05) is 0 Å². The second-order valence-electron chi connectivity index (χ2n) is 4.51. The summed E-state index contributed by atoms with van der Waals surface area (Å²) in [6, 6.07) is 6.03. The molecule has 1 fully saturated rings. The third kappa shape index (κ3) is 2.85. The SMILES string of the molecule is CN1CC(NC(=O)Cc2ccccc2F)CC1=O. The molecule has 4 nitrogen and oxygen atoms in total. The molecule has 0 spiro atoms. The lowest BCUT2D eigenvalue weighted by Gasteiger charge is -2.12. The van der Waals surface area contributed by atoms with E-state index in [9.17, 15) is 14.0 Å². The summed E-state index contributed by atoms with van der Waals surface area (Å²) >= 11 is 0. The first kappa shape index (κ1) is 12.5. The normalized spacial score (nSPS) is 19.1. The Hall–Kier alpha value is -1.91. The van der Waals surface area contributed by atoms with Gasteiger partial charge in [-0.15, -0.1) is 0 Å². The Balaban J connectivity index is 1.90. The summed E-state index contributed by atoms with van der Waals surface area (Å²) in [5, 5.41) is 2.75. The van der Waals surface area contributed by atoms with Crippen LogP contribution in [-0.2, 0) is 16.0 Å². The van der Waals surface area contributed by atoms with Gasteiger partial charge < -0.3 is 10.2 Å². The monoisotopic (exact) mass is 250 g/mol. The van der Waals surface area contributed by atoms with Gasteiger partial charge in [0.2, 0.25) is 11.8 Å². The highest BCUT2D eigenvalue weighted by Gasteiger charge is 2.27. The number of hydrogen-bond acceptors (Lipinski definition) is 2. The van der Waals surface area contributed by atoms with Gasteiger partial charge in [0, 0.05) is 20.0 Å². The zero-order chi connectivity index (χ0) is 13.1. The third-order valence-corrected chi connectivity index (χ3v) is 3.01. The predicted octanol–water partition coefficient (Wildman–Crippen LogP) is 0.715. The first-order valence-electron chi connectivity index (χ1n) is 5.83. The van der Waals surface area contributed by atoms with Crippen LogP contribution in [0.2, 0.25) is 0 Å². The van der Waals surface area contributed by atoms with Crippen LogP contribution in [0.25, 0.3) is 0 Å². The molecule has 5 heteroatoms. The Kier molecular flexibility index (Phi) is 3.60. The number of hydrogen-bond donors (Lipinski definition) is 1. The van der Waals surface area contributed by atoms with E-state index < -0.39 is 0 Å². The highest BCUT2D eigenvalue weighted by Crippen LogP contribution is 2.10. The van der Waals surface area contributed by atoms with Crippen LogP contribution in [0.4, 0.5) is 4.39 Å². The van der Waals surface area contributed by atoms with E-state index >= 15 is 0 Å². The van der Waals surface area contributed by atoms with Gasteiger partial charge in [-0.2, -0.15) is 0 Å². The summed E-state index contributed by atoms with van der Waals surface area (Å²) in [6.45, 7) is 0.516. The summed E-state index contributed by atoms with van der Waals surface area (Å²) in [4.78, 5) is 24.6. The Labute approximate surface area is 105 Å². The molecule has 0 radical (unpaired) electrons. The van der Waals surface area contributed by atoms with E-state index in [0.29, 0.717) is 18.5 Å². The fourth-order valence-electron chi connectivity index (χ4n) is 2.05. The summed E-state index contributed by atoms with van der Waals surface area (Å²) in [6.07, 6.45) is 0.320. The molecule has 1 aliphatic heterocycles. The summed E-state index contributed by atoms with van der Waals surface area (Å²) in [5.41, 5.74) is 0.368. The number of halogens is 1. The Morgan fingerprint density at radius 3 is 2.83 bits per heavy atom. The van der Waals surface area contributed by atoms with Crippen molar-refractivity contribution in [1.82, 2.24) is 10.2 Å². The van der Waals surface area contributed by atoms with Crippen LogP contribution in [0.5, 0.6) is 0 Å². The molecule has 1 saturated heterocycles. The Morgan fingerprint density at radius 1 is 1.50 bits per heavy atom. The van der Waals surface area contributed by atoms with E-state index in [1.165, 1.54) is 6.07 Å². The molecule has 1 heterocycles. The van der Waals surface area contributed by atoms with Crippen molar-refractivity contribution in [3.05, 3.63) is 35.6 Å². The molecule has 0 saturated carbocycles. The molecule has 1 atom stereocenters. The predicted molar refractivity (Wildman–Crippen MR) is 64.3 cm³/mol. The lowest BCUT2D eigenvalue weighted by molar-refractivity contribution is -0.126. The van der Waals surface area contributed by atoms with E-state index in [-0.39, 0.29) is 30.1 Å². The van der Waals surface area contributed by atoms with Crippen molar-refractivity contribution in [3.8, 4) is 0 Å². The topological polar surface area (TPSA) is 49.4 Å². The van der Waals surface area contributed by atoms with Crippen molar-refractivity contribution in [2.75, 3.05) is 13.6 Å². The van der Waals surface area contributed by atoms with Crippen LogP contribution in [0.3, 0.4) is 0 Å². The number of likely N-dealkylation sites (tertiary alicyclic amines) is 1. The maximum absolute atomic E-state index is 13.3. The highest BCUT2D eigenvalue weighted by atomic mass is 19.1. The molecule has 0 bridgehead atoms. The fraction of sp³-hybridized carbons (Fsp3) is 0.385. The number of amides is 2. The van der Waals surface area contributed by atoms with Crippen LogP contribution in [0.1, 0.15) is 12.0 Å². The summed E-state index contributed by atoms with van der Waals surface area (Å²) in [7, 11) is 1.70. The van der Waals surface area contributed by atoms with Gasteiger partial charge in [-0.25, -0.2) is 4.39 Å². The number of likely N-dealkylation sites (N-methyl/N-ethyl adjacent to an activating group) is 1. The summed E-state index contributed by atoms with van der Waals surface area (Å²) < 4.78 is 13.3. The average molecular weight is 250 g/mol. The molecule has 1 aliphatic rings. The molecule has 18 heavy (non-hydrogen) atoms. The van der Waals surface area contributed by atoms with Crippen LogP contribution in [0.15, 0.2) is 24.3 Å². The molecule has 1 N–H and O–H groups in total. The first-order valence-corrected chi connectivity index (χ1v) is 5.83. The number of nitrogens with zero attached hydrogens (tertiary/aromatic N) is 1. The van der Waals surface area contributed by atoms with E-state index in [0.717, 1.165) is 0 Å². The van der Waals surface area contributed by atoms with Gasteiger partial charge in [-0.3, -0.25) is 9.59 Å². The minimum absolute atomic E-state index is 0.00107. The van der Waals surface area contributed by atoms with Crippen LogP contribution >= 0.6 is 0 Å². The standard InChI is InChI=1S/C13H15FN2O2/c1-16-8-10(7-13(16)18)15-12(17)6-9-4-2-3-5-11(9)14/h2-5,10H,6-8H2,1H3,(H,15,17). The maximum atomic E-state index is 13.3. The highest BCUT2D eigenvalue weighted by molar-refractivity contribution is 5.83. The van der Waals surface area contributed by atoms with Crippen LogP contribution in [-0.4, -0.2) is 36.3 Å². The number of carbonyl (C=O) groups excluding carboxylic acids is 2. The maximum Gasteiger partial charge on any atom is 0.224 e. The van der Waals surface area contributed by atoms with E-state index in [1.54, 1.807) is 30.1 Å². The number of benzene rings is 1. The largest absolute Gasteiger partial charge is 0.351 e. The van der Waals surface area contributed by atoms with Crippen molar-refractivity contribution < 1.29 is 14.0 Å². The van der Waals surface area contributed by atoms with Gasteiger partial charge in [0.05, 0.1) is 12.5 Å². The zero-order valence-corrected chi connectivity index (χ0v) is 10.1. The Bertz CT molecular complexity index is 476. The lowest BCUT2D eigenvalue weighted by atomic mass is 10.1. The molecule has 1 aromatic rings. The van der Waals surface area contributed by atoms with E-state index in [4.69, 9.17) is 0 Å². The van der Waals surface area contributed by atoms with Crippen molar-refractivity contribution in [2.45, 2.75) is 18.9 Å². The molecule has 0 aliphatic carbocycles. The Morgan fingerprint density at radius 2 is 2.22 bits per heavy atom. The van der Waals surface area contributed by atoms with Gasteiger partial charge in [0.1, 0.15) is 5.82 Å².